The highest BCUT2D eigenvalue weighted by Crippen LogP contribution is 2.58. The maximum Gasteiger partial charge on any atom is 0.119 e. The van der Waals surface area contributed by atoms with Crippen LogP contribution in [0.25, 0.3) is 33.4 Å². The van der Waals surface area contributed by atoms with Crippen molar-refractivity contribution in [3.05, 3.63) is 281 Å². The predicted octanol–water partition coefficient (Wildman–Crippen LogP) is 20.8. The third-order valence-electron chi connectivity index (χ3n) is 16.1. The molecule has 0 spiro atoms. The number of aryl methyl sites for hydroxylation is 4. The van der Waals surface area contributed by atoms with E-state index in [4.69, 9.17) is 4.74 Å². The minimum Gasteiger partial charge on any atom is -0.494 e. The summed E-state index contributed by atoms with van der Waals surface area (Å²) < 4.78 is 6.48. The van der Waals surface area contributed by atoms with Crippen molar-refractivity contribution in [3.63, 3.8) is 0 Å². The highest BCUT2D eigenvalue weighted by Gasteiger charge is 2.47. The molecule has 0 N–H and O–H groups in total. The molecular weight excluding hydrogens is 945 g/mol. The lowest BCUT2D eigenvalue weighted by atomic mass is 9.66. The molecule has 2 atom stereocenters. The molecule has 1 aliphatic rings. The van der Waals surface area contributed by atoms with Gasteiger partial charge < -0.3 is 14.5 Å². The van der Waals surface area contributed by atoms with Gasteiger partial charge in [0.25, 0.3) is 0 Å². The average Bonchev–Trinajstić information content (AvgIpc) is 4.02. The van der Waals surface area contributed by atoms with Crippen LogP contribution in [0.2, 0.25) is 0 Å². The van der Waals surface area contributed by atoms with Crippen molar-refractivity contribution in [2.24, 2.45) is 11.8 Å². The molecule has 10 aromatic carbocycles. The molecule has 388 valence electrons. The lowest BCUT2D eigenvalue weighted by molar-refractivity contribution is 0.275. The van der Waals surface area contributed by atoms with Crippen LogP contribution in [-0.2, 0) is 5.41 Å². The molecule has 0 saturated heterocycles. The maximum absolute atomic E-state index is 6.48. The lowest BCUT2D eigenvalue weighted by Gasteiger charge is -2.36. The van der Waals surface area contributed by atoms with E-state index in [2.05, 4.69) is 295 Å². The molecule has 0 bridgehead atoms. The van der Waals surface area contributed by atoms with Crippen LogP contribution in [-0.4, -0.2) is 6.61 Å². The van der Waals surface area contributed by atoms with Gasteiger partial charge in [0.05, 0.1) is 12.0 Å². The molecule has 0 heterocycles. The number of nitrogens with zero attached hydrogens (tertiary/aromatic N) is 2. The molecule has 10 aromatic rings. The van der Waals surface area contributed by atoms with Gasteiger partial charge in [-0.15, -0.1) is 0 Å². The van der Waals surface area contributed by atoms with Crippen LogP contribution in [0.3, 0.4) is 0 Å². The second-order valence-corrected chi connectivity index (χ2v) is 22.3. The summed E-state index contributed by atoms with van der Waals surface area (Å²) in [7, 11) is 0. The Hall–Kier alpha value is -8.40. The molecule has 0 aromatic heterocycles. The minimum atomic E-state index is -0.547. The summed E-state index contributed by atoms with van der Waals surface area (Å²) in [5.41, 5.74) is 23.6. The highest BCUT2D eigenvalue weighted by atomic mass is 16.5. The van der Waals surface area contributed by atoms with Crippen LogP contribution in [0, 0.1) is 39.5 Å². The van der Waals surface area contributed by atoms with Crippen LogP contribution in [0.1, 0.15) is 91.0 Å². The van der Waals surface area contributed by atoms with E-state index < -0.39 is 5.41 Å². The van der Waals surface area contributed by atoms with E-state index in [1.165, 1.54) is 97.2 Å². The summed E-state index contributed by atoms with van der Waals surface area (Å²) >= 11 is 0. The number of hydrogen-bond donors (Lipinski definition) is 0. The smallest absolute Gasteiger partial charge is 0.119 e. The highest BCUT2D eigenvalue weighted by molar-refractivity contribution is 5.90. The van der Waals surface area contributed by atoms with Gasteiger partial charge in [0, 0.05) is 34.1 Å². The monoisotopic (exact) mass is 1020 g/mol. The van der Waals surface area contributed by atoms with Gasteiger partial charge in [0.2, 0.25) is 0 Å². The van der Waals surface area contributed by atoms with Gasteiger partial charge in [-0.25, -0.2) is 0 Å². The number of fused-ring (bicyclic) bond motifs is 3. The Labute approximate surface area is 464 Å². The van der Waals surface area contributed by atoms with Crippen molar-refractivity contribution < 1.29 is 4.74 Å². The number of ether oxygens (including phenoxy) is 1. The van der Waals surface area contributed by atoms with Crippen molar-refractivity contribution in [1.29, 1.82) is 0 Å². The summed E-state index contributed by atoms with van der Waals surface area (Å²) in [6.07, 6.45) is 4.90. The van der Waals surface area contributed by atoms with Gasteiger partial charge in [0.15, 0.2) is 0 Å². The zero-order valence-electron chi connectivity index (χ0n) is 46.5. The first kappa shape index (κ1) is 51.7. The summed E-state index contributed by atoms with van der Waals surface area (Å²) in [6, 6.07) is 87.3. The van der Waals surface area contributed by atoms with Gasteiger partial charge in [-0.1, -0.05) is 202 Å². The topological polar surface area (TPSA) is 15.7 Å². The third kappa shape index (κ3) is 10.5. The van der Waals surface area contributed by atoms with Crippen molar-refractivity contribution in [3.8, 4) is 39.1 Å². The third-order valence-corrected chi connectivity index (χ3v) is 16.1. The molecular formula is C75H72N2O. The normalized spacial score (nSPS) is 13.9. The fourth-order valence-electron chi connectivity index (χ4n) is 11.9. The molecule has 3 heteroatoms. The standard InChI is InChI=1S/C75H72N2O/c1-52(2)15-14-16-53(3)47-48-78-69-43-33-62(34-44-69)75(72-49-55(5)21-25-57(72)7)73-50-56(6)24-45-70(73)71-46-32-61(51-74(71)75)60-30-41-68(42-31-60)77(64-19-12-9-13-20-64)67-39-28-59(29-40-67)58-26-37-66(38-27-58)76(63-17-10-8-11-18-63)65-35-22-54(4)23-36-65/h8-13,17-46,49-53H,14-16,47-48H2,1-7H3. The van der Waals surface area contributed by atoms with Gasteiger partial charge in [-0.05, 0) is 198 Å². The average molecular weight is 1020 g/mol. The second kappa shape index (κ2) is 22.7. The summed E-state index contributed by atoms with van der Waals surface area (Å²) in [5, 5.41) is 0. The van der Waals surface area contributed by atoms with Crippen LogP contribution in [0.5, 0.6) is 5.75 Å². The quantitative estimate of drug-likeness (QED) is 0.0852. The first-order valence-corrected chi connectivity index (χ1v) is 28.2. The fraction of sp³-hybridized carbons (Fsp3) is 0.200. The van der Waals surface area contributed by atoms with Crippen molar-refractivity contribution in [2.75, 3.05) is 16.4 Å². The molecule has 78 heavy (non-hydrogen) atoms. The van der Waals surface area contributed by atoms with Crippen molar-refractivity contribution in [1.82, 2.24) is 0 Å². The number of para-hydroxylation sites is 2. The Bertz CT molecular complexity index is 3620. The Morgan fingerprint density at radius 3 is 1.32 bits per heavy atom. The van der Waals surface area contributed by atoms with E-state index in [0.717, 1.165) is 58.8 Å². The lowest BCUT2D eigenvalue weighted by Crippen LogP contribution is -2.30. The Balaban J connectivity index is 0.908. The zero-order chi connectivity index (χ0) is 53.8. The largest absolute Gasteiger partial charge is 0.494 e. The molecule has 0 fully saturated rings. The van der Waals surface area contributed by atoms with Crippen LogP contribution < -0.4 is 14.5 Å². The molecule has 2 unspecified atom stereocenters. The Kier molecular flexibility index (Phi) is 15.0. The molecule has 0 aliphatic heterocycles. The number of rotatable bonds is 18. The molecule has 3 nitrogen and oxygen atoms in total. The molecule has 1 aliphatic carbocycles. The molecule has 0 radical (unpaired) electrons. The number of anilines is 6. The van der Waals surface area contributed by atoms with Crippen molar-refractivity contribution in [2.45, 2.75) is 79.6 Å². The SMILES string of the molecule is Cc1ccc(N(c2ccccc2)c2ccc(-c3ccc(N(c4ccccc4)c4ccc(-c5ccc6c(c5)C(c5ccc(OCCC(C)CCCC(C)C)cc5)(c5cc(C)ccc5C)c5cc(C)ccc5-6)cc4)cc3)cc2)cc1. The van der Waals surface area contributed by atoms with Crippen LogP contribution in [0.15, 0.2) is 237 Å². The zero-order valence-corrected chi connectivity index (χ0v) is 46.5. The van der Waals surface area contributed by atoms with E-state index in [0.29, 0.717) is 5.92 Å². The Morgan fingerprint density at radius 2 is 0.795 bits per heavy atom. The first-order valence-electron chi connectivity index (χ1n) is 28.2. The summed E-state index contributed by atoms with van der Waals surface area (Å²) in [5.74, 6) is 2.33. The van der Waals surface area contributed by atoms with Gasteiger partial charge >= 0.3 is 0 Å². The maximum atomic E-state index is 6.48. The van der Waals surface area contributed by atoms with E-state index in [9.17, 15) is 0 Å². The molecule has 11 rings (SSSR count). The van der Waals surface area contributed by atoms with Crippen molar-refractivity contribution >= 4 is 34.1 Å². The summed E-state index contributed by atoms with van der Waals surface area (Å²) in [4.78, 5) is 4.66. The summed E-state index contributed by atoms with van der Waals surface area (Å²) in [6.45, 7) is 16.6. The first-order chi connectivity index (χ1) is 38.0. The second-order valence-electron chi connectivity index (χ2n) is 22.3. The van der Waals surface area contributed by atoms with E-state index in [1.54, 1.807) is 0 Å². The number of hydrogen-bond acceptors (Lipinski definition) is 3. The fourth-order valence-corrected chi connectivity index (χ4v) is 11.9. The van der Waals surface area contributed by atoms with E-state index in [1.807, 2.05) is 0 Å². The Morgan fingerprint density at radius 1 is 0.372 bits per heavy atom. The van der Waals surface area contributed by atoms with Gasteiger partial charge in [0.1, 0.15) is 5.75 Å². The minimum absolute atomic E-state index is 0.547. The molecule has 0 amide bonds. The van der Waals surface area contributed by atoms with Gasteiger partial charge in [-0.3, -0.25) is 0 Å². The van der Waals surface area contributed by atoms with E-state index >= 15 is 0 Å². The van der Waals surface area contributed by atoms with Crippen LogP contribution in [0.4, 0.5) is 34.1 Å². The van der Waals surface area contributed by atoms with E-state index in [-0.39, 0.29) is 0 Å². The van der Waals surface area contributed by atoms with Crippen LogP contribution >= 0.6 is 0 Å². The number of benzene rings is 10. The predicted molar refractivity (Wildman–Crippen MR) is 331 cm³/mol. The molecule has 0 saturated carbocycles. The van der Waals surface area contributed by atoms with Gasteiger partial charge in [-0.2, -0.15) is 0 Å².